The summed E-state index contributed by atoms with van der Waals surface area (Å²) >= 11 is 0. The molecule has 0 aliphatic carbocycles. The smallest absolute Gasteiger partial charge is 0.254 e. The van der Waals surface area contributed by atoms with Crippen LogP contribution in [0.4, 0.5) is 0 Å². The highest BCUT2D eigenvalue weighted by Crippen LogP contribution is 2.35. The highest BCUT2D eigenvalue weighted by molar-refractivity contribution is 6.77. The summed E-state index contributed by atoms with van der Waals surface area (Å²) in [5, 5.41) is 10.7. The van der Waals surface area contributed by atoms with Crippen LogP contribution in [0, 0.1) is 0 Å². The van der Waals surface area contributed by atoms with E-state index in [9.17, 15) is 9.90 Å². The maximum Gasteiger partial charge on any atom is 0.254 e. The summed E-state index contributed by atoms with van der Waals surface area (Å²) < 4.78 is 0. The number of amides is 1. The van der Waals surface area contributed by atoms with Gasteiger partial charge in [-0.15, -0.1) is 0 Å². The van der Waals surface area contributed by atoms with E-state index in [4.69, 9.17) is 0 Å². The lowest BCUT2D eigenvalue weighted by atomic mass is 9.88. The van der Waals surface area contributed by atoms with E-state index >= 15 is 0 Å². The second kappa shape index (κ2) is 7.63. The van der Waals surface area contributed by atoms with Gasteiger partial charge in [-0.05, 0) is 58.2 Å². The van der Waals surface area contributed by atoms with E-state index < -0.39 is 13.7 Å². The summed E-state index contributed by atoms with van der Waals surface area (Å²) in [5.41, 5.74) is 1.78. The van der Waals surface area contributed by atoms with Gasteiger partial charge in [-0.2, -0.15) is 0 Å². The van der Waals surface area contributed by atoms with E-state index in [0.29, 0.717) is 11.1 Å². The first kappa shape index (κ1) is 21.9. The van der Waals surface area contributed by atoms with Crippen LogP contribution in [0.15, 0.2) is 18.2 Å². The normalized spacial score (nSPS) is 14.1. The SMILES string of the molecule is CC(C)N(C(=O)c1c([C@H](C)[Si](C)(C)C)cccc1C(C)(C)O)C(C)C. The van der Waals surface area contributed by atoms with Crippen LogP contribution in [0.25, 0.3) is 0 Å². The summed E-state index contributed by atoms with van der Waals surface area (Å²) in [6.45, 7) is 20.9. The molecule has 0 bridgehead atoms. The van der Waals surface area contributed by atoms with Crippen molar-refractivity contribution in [2.45, 2.75) is 91.3 Å². The predicted octanol–water partition coefficient (Wildman–Crippen LogP) is 5.15. The number of nitrogens with zero attached hydrogens (tertiary/aromatic N) is 1. The van der Waals surface area contributed by atoms with Crippen LogP contribution in [-0.4, -0.2) is 36.1 Å². The maximum absolute atomic E-state index is 13.6. The Labute approximate surface area is 155 Å². The van der Waals surface area contributed by atoms with Gasteiger partial charge in [0.15, 0.2) is 0 Å². The van der Waals surface area contributed by atoms with Crippen molar-refractivity contribution in [1.82, 2.24) is 4.90 Å². The summed E-state index contributed by atoms with van der Waals surface area (Å²) in [4.78, 5) is 15.5. The van der Waals surface area contributed by atoms with Crippen LogP contribution in [0.5, 0.6) is 0 Å². The second-order valence-electron chi connectivity index (χ2n) is 9.32. The minimum Gasteiger partial charge on any atom is -0.386 e. The first-order valence-corrected chi connectivity index (χ1v) is 13.0. The number of benzene rings is 1. The standard InChI is InChI=1S/C21H37NO2Si/c1-14(2)22(15(3)4)20(23)19-17(16(5)25(8,9)10)12-11-13-18(19)21(6,7)24/h11-16,24H,1-10H3/t16-/m0/s1. The third-order valence-electron chi connectivity index (χ3n) is 5.08. The van der Waals surface area contributed by atoms with Crippen molar-refractivity contribution in [1.29, 1.82) is 0 Å². The molecule has 4 heteroatoms. The van der Waals surface area contributed by atoms with Crippen LogP contribution in [0.3, 0.4) is 0 Å². The molecule has 0 unspecified atom stereocenters. The molecule has 1 N–H and O–H groups in total. The molecule has 0 heterocycles. The van der Waals surface area contributed by atoms with Crippen molar-refractivity contribution in [2.75, 3.05) is 0 Å². The Morgan fingerprint density at radius 1 is 1.04 bits per heavy atom. The van der Waals surface area contributed by atoms with Gasteiger partial charge in [0.1, 0.15) is 0 Å². The molecule has 0 spiro atoms. The van der Waals surface area contributed by atoms with Crippen LogP contribution >= 0.6 is 0 Å². The molecule has 0 saturated heterocycles. The Hall–Kier alpha value is -1.13. The average molecular weight is 364 g/mol. The average Bonchev–Trinajstić information content (AvgIpc) is 2.42. The molecule has 1 amide bonds. The highest BCUT2D eigenvalue weighted by atomic mass is 28.3. The Bertz CT molecular complexity index is 601. The Morgan fingerprint density at radius 2 is 1.52 bits per heavy atom. The van der Waals surface area contributed by atoms with Crippen molar-refractivity contribution < 1.29 is 9.90 Å². The number of carbonyl (C=O) groups is 1. The van der Waals surface area contributed by atoms with Gasteiger partial charge in [-0.3, -0.25) is 4.79 Å². The van der Waals surface area contributed by atoms with Gasteiger partial charge in [0.25, 0.3) is 5.91 Å². The fourth-order valence-electron chi connectivity index (χ4n) is 3.34. The summed E-state index contributed by atoms with van der Waals surface area (Å²) in [6, 6.07) is 6.16. The zero-order chi connectivity index (χ0) is 19.7. The number of hydrogen-bond acceptors (Lipinski definition) is 2. The highest BCUT2D eigenvalue weighted by Gasteiger charge is 2.34. The van der Waals surface area contributed by atoms with Crippen LogP contribution in [-0.2, 0) is 5.60 Å². The van der Waals surface area contributed by atoms with Crippen LogP contribution < -0.4 is 0 Å². The van der Waals surface area contributed by atoms with Gasteiger partial charge in [0.05, 0.1) is 13.7 Å². The lowest BCUT2D eigenvalue weighted by Gasteiger charge is -2.36. The van der Waals surface area contributed by atoms with E-state index in [0.717, 1.165) is 11.1 Å². The molecule has 0 aliphatic rings. The molecule has 142 valence electrons. The van der Waals surface area contributed by atoms with Gasteiger partial charge in [0.2, 0.25) is 0 Å². The Kier molecular flexibility index (Phi) is 6.68. The molecular formula is C21H37NO2Si. The van der Waals surface area contributed by atoms with Crippen molar-refractivity contribution in [2.24, 2.45) is 0 Å². The third kappa shape index (κ3) is 4.95. The minimum atomic E-state index is -1.50. The largest absolute Gasteiger partial charge is 0.386 e. The molecule has 1 aromatic carbocycles. The molecule has 0 radical (unpaired) electrons. The third-order valence-corrected chi connectivity index (χ3v) is 7.99. The van der Waals surface area contributed by atoms with E-state index in [1.807, 2.05) is 44.7 Å². The van der Waals surface area contributed by atoms with E-state index in [2.05, 4.69) is 32.6 Å². The summed E-state index contributed by atoms with van der Waals surface area (Å²) in [5.74, 6) is 0.0304. The number of aliphatic hydroxyl groups is 1. The van der Waals surface area contributed by atoms with Crippen molar-refractivity contribution in [3.8, 4) is 0 Å². The van der Waals surface area contributed by atoms with E-state index in [-0.39, 0.29) is 18.0 Å². The number of carbonyl (C=O) groups excluding carboxylic acids is 1. The molecule has 3 nitrogen and oxygen atoms in total. The van der Waals surface area contributed by atoms with Gasteiger partial charge < -0.3 is 10.0 Å². The molecule has 0 aromatic heterocycles. The first-order chi connectivity index (χ1) is 11.2. The molecule has 25 heavy (non-hydrogen) atoms. The van der Waals surface area contributed by atoms with Crippen molar-refractivity contribution in [3.05, 3.63) is 34.9 Å². The molecule has 0 aliphatic heterocycles. The zero-order valence-electron chi connectivity index (χ0n) is 17.8. The van der Waals surface area contributed by atoms with Crippen molar-refractivity contribution >= 4 is 14.0 Å². The first-order valence-electron chi connectivity index (χ1n) is 9.38. The summed E-state index contributed by atoms with van der Waals surface area (Å²) in [6.07, 6.45) is 0. The Balaban J connectivity index is 3.72. The maximum atomic E-state index is 13.6. The minimum absolute atomic E-state index is 0.0304. The molecule has 1 rings (SSSR count). The number of rotatable bonds is 6. The summed E-state index contributed by atoms with van der Waals surface area (Å²) in [7, 11) is -1.50. The van der Waals surface area contributed by atoms with Crippen LogP contribution in [0.2, 0.25) is 19.6 Å². The van der Waals surface area contributed by atoms with Gasteiger partial charge >= 0.3 is 0 Å². The molecule has 0 saturated carbocycles. The Morgan fingerprint density at radius 3 is 1.88 bits per heavy atom. The fourth-order valence-corrected chi connectivity index (χ4v) is 4.51. The van der Waals surface area contributed by atoms with E-state index in [1.54, 1.807) is 13.8 Å². The van der Waals surface area contributed by atoms with Gasteiger partial charge in [0, 0.05) is 17.6 Å². The van der Waals surface area contributed by atoms with Crippen LogP contribution in [0.1, 0.15) is 75.5 Å². The quantitative estimate of drug-likeness (QED) is 0.710. The topological polar surface area (TPSA) is 40.5 Å². The van der Waals surface area contributed by atoms with Crippen molar-refractivity contribution in [3.63, 3.8) is 0 Å². The van der Waals surface area contributed by atoms with Gasteiger partial charge in [-0.25, -0.2) is 0 Å². The molecule has 0 fully saturated rings. The molecular weight excluding hydrogens is 326 g/mol. The monoisotopic (exact) mass is 363 g/mol. The lowest BCUT2D eigenvalue weighted by molar-refractivity contribution is 0.0590. The fraction of sp³-hybridized carbons (Fsp3) is 0.667. The second-order valence-corrected chi connectivity index (χ2v) is 14.9. The molecule has 1 aromatic rings. The predicted molar refractivity (Wildman–Crippen MR) is 110 cm³/mol. The van der Waals surface area contributed by atoms with Gasteiger partial charge in [-0.1, -0.05) is 44.8 Å². The van der Waals surface area contributed by atoms with E-state index in [1.165, 1.54) is 0 Å². The zero-order valence-corrected chi connectivity index (χ0v) is 18.8. The lowest BCUT2D eigenvalue weighted by Crippen LogP contribution is -2.44. The number of hydrogen-bond donors (Lipinski definition) is 1. The molecule has 1 atom stereocenters.